The molecule has 0 aliphatic carbocycles. The van der Waals surface area contributed by atoms with Crippen molar-refractivity contribution in [3.63, 3.8) is 0 Å². The summed E-state index contributed by atoms with van der Waals surface area (Å²) in [6.45, 7) is 4.04. The van der Waals surface area contributed by atoms with E-state index in [1.165, 1.54) is 22.4 Å². The van der Waals surface area contributed by atoms with Gasteiger partial charge < -0.3 is 4.90 Å². The minimum Gasteiger partial charge on any atom is -0.367 e. The van der Waals surface area contributed by atoms with E-state index in [0.717, 1.165) is 37.1 Å². The Hall–Kier alpha value is -3.72. The summed E-state index contributed by atoms with van der Waals surface area (Å²) in [6, 6.07) is 31.7. The summed E-state index contributed by atoms with van der Waals surface area (Å²) in [6.07, 6.45) is 6.43. The van der Waals surface area contributed by atoms with Gasteiger partial charge in [0.15, 0.2) is 0 Å². The number of rotatable bonds is 11. The number of carbonyl (C=O) groups is 1. The Morgan fingerprint density at radius 1 is 0.824 bits per heavy atom. The van der Waals surface area contributed by atoms with Gasteiger partial charge in [-0.05, 0) is 58.9 Å². The lowest BCUT2D eigenvalue weighted by Gasteiger charge is -2.26. The second-order valence-electron chi connectivity index (χ2n) is 8.69. The second-order valence-corrected chi connectivity index (χ2v) is 8.69. The molecule has 0 atom stereocenters. The van der Waals surface area contributed by atoms with Crippen molar-refractivity contribution in [2.45, 2.75) is 39.2 Å². The molecule has 0 saturated heterocycles. The fourth-order valence-corrected chi connectivity index (χ4v) is 4.30. The van der Waals surface area contributed by atoms with Gasteiger partial charge in [0, 0.05) is 44.0 Å². The minimum atomic E-state index is 0.263. The van der Waals surface area contributed by atoms with E-state index in [4.69, 9.17) is 0 Å². The van der Waals surface area contributed by atoms with E-state index in [-0.39, 0.29) is 5.78 Å². The number of aromatic nitrogens is 1. The van der Waals surface area contributed by atoms with Crippen LogP contribution in [0.4, 0.5) is 5.69 Å². The fraction of sp³-hybridized carbons (Fsp3) is 0.226. The first-order chi connectivity index (χ1) is 16.7. The van der Waals surface area contributed by atoms with Crippen molar-refractivity contribution in [1.29, 1.82) is 0 Å². The largest absolute Gasteiger partial charge is 0.367 e. The van der Waals surface area contributed by atoms with Gasteiger partial charge in [0.05, 0.1) is 0 Å². The van der Waals surface area contributed by atoms with E-state index in [0.29, 0.717) is 12.8 Å². The molecule has 0 fully saturated rings. The first-order valence-corrected chi connectivity index (χ1v) is 12.1. The molecule has 0 radical (unpaired) electrons. The van der Waals surface area contributed by atoms with E-state index < -0.39 is 0 Å². The number of carbonyl (C=O) groups excluding carboxylic acids is 1. The van der Waals surface area contributed by atoms with Crippen LogP contribution in [0.1, 0.15) is 36.5 Å². The van der Waals surface area contributed by atoms with E-state index >= 15 is 0 Å². The molecule has 0 saturated carbocycles. The van der Waals surface area contributed by atoms with E-state index in [1.54, 1.807) is 6.20 Å². The highest BCUT2D eigenvalue weighted by molar-refractivity contribution is 5.81. The lowest BCUT2D eigenvalue weighted by molar-refractivity contribution is -0.118. The highest BCUT2D eigenvalue weighted by Crippen LogP contribution is 2.27. The van der Waals surface area contributed by atoms with Gasteiger partial charge in [-0.25, -0.2) is 0 Å². The quantitative estimate of drug-likeness (QED) is 0.250. The third-order valence-electron chi connectivity index (χ3n) is 6.07. The van der Waals surface area contributed by atoms with Crippen LogP contribution in [0.15, 0.2) is 103 Å². The molecule has 0 aliphatic rings. The van der Waals surface area contributed by atoms with Crippen LogP contribution in [0.5, 0.6) is 0 Å². The summed E-state index contributed by atoms with van der Waals surface area (Å²) in [5.41, 5.74) is 7.21. The Balaban J connectivity index is 1.43. The SMILES string of the molecule is CCCN(Cc1ccccc1-c1ccccc1)c1ccc(CC(=O)CCc2cccnc2)cc1. The van der Waals surface area contributed by atoms with Crippen LogP contribution in [0.25, 0.3) is 11.1 Å². The maximum atomic E-state index is 12.5. The standard InChI is InChI=1S/C31H32N2O/c1-2-21-33(24-28-12-6-7-13-31(28)27-10-4-3-5-11-27)29-17-14-25(15-18-29)22-30(34)19-16-26-9-8-20-32-23-26/h3-15,17-18,20,23H,2,16,19,21-22,24H2,1H3. The average Bonchev–Trinajstić information content (AvgIpc) is 2.89. The predicted octanol–water partition coefficient (Wildman–Crippen LogP) is 6.91. The number of Topliss-reactive ketones (excluding diaryl/α,β-unsaturated/α-hetero) is 1. The monoisotopic (exact) mass is 448 g/mol. The third kappa shape index (κ3) is 6.41. The normalized spacial score (nSPS) is 10.7. The topological polar surface area (TPSA) is 33.2 Å². The third-order valence-corrected chi connectivity index (χ3v) is 6.07. The van der Waals surface area contributed by atoms with Crippen LogP contribution < -0.4 is 4.90 Å². The average molecular weight is 449 g/mol. The van der Waals surface area contributed by atoms with Crippen molar-refractivity contribution in [2.24, 2.45) is 0 Å². The smallest absolute Gasteiger partial charge is 0.137 e. The maximum absolute atomic E-state index is 12.5. The van der Waals surface area contributed by atoms with Crippen molar-refractivity contribution >= 4 is 11.5 Å². The molecule has 1 heterocycles. The molecule has 0 aliphatic heterocycles. The van der Waals surface area contributed by atoms with Crippen molar-refractivity contribution < 1.29 is 4.79 Å². The van der Waals surface area contributed by atoms with Crippen LogP contribution in [0.3, 0.4) is 0 Å². The molecule has 4 aromatic rings. The molecular weight excluding hydrogens is 416 g/mol. The molecule has 34 heavy (non-hydrogen) atoms. The summed E-state index contributed by atoms with van der Waals surface area (Å²) >= 11 is 0. The number of hydrogen-bond acceptors (Lipinski definition) is 3. The molecule has 0 N–H and O–H groups in total. The van der Waals surface area contributed by atoms with Crippen molar-refractivity contribution in [2.75, 3.05) is 11.4 Å². The number of benzene rings is 3. The Morgan fingerprint density at radius 2 is 1.59 bits per heavy atom. The summed E-state index contributed by atoms with van der Waals surface area (Å²) in [4.78, 5) is 19.0. The predicted molar refractivity (Wildman–Crippen MR) is 141 cm³/mol. The van der Waals surface area contributed by atoms with Gasteiger partial charge in [0.25, 0.3) is 0 Å². The van der Waals surface area contributed by atoms with Crippen LogP contribution >= 0.6 is 0 Å². The van der Waals surface area contributed by atoms with Gasteiger partial charge >= 0.3 is 0 Å². The van der Waals surface area contributed by atoms with Crippen LogP contribution in [0.2, 0.25) is 0 Å². The number of pyridine rings is 1. The number of nitrogens with zero attached hydrogens (tertiary/aromatic N) is 2. The van der Waals surface area contributed by atoms with E-state index in [9.17, 15) is 4.79 Å². The molecule has 4 rings (SSSR count). The molecule has 3 heteroatoms. The lowest BCUT2D eigenvalue weighted by atomic mass is 9.99. The van der Waals surface area contributed by atoms with E-state index in [1.807, 2.05) is 18.3 Å². The first-order valence-electron chi connectivity index (χ1n) is 12.1. The molecule has 0 bridgehead atoms. The van der Waals surface area contributed by atoms with E-state index in [2.05, 4.69) is 95.7 Å². The summed E-state index contributed by atoms with van der Waals surface area (Å²) in [5.74, 6) is 0.263. The molecule has 172 valence electrons. The zero-order chi connectivity index (χ0) is 23.6. The van der Waals surface area contributed by atoms with Gasteiger partial charge in [-0.3, -0.25) is 9.78 Å². The van der Waals surface area contributed by atoms with Crippen molar-refractivity contribution in [3.8, 4) is 11.1 Å². The zero-order valence-electron chi connectivity index (χ0n) is 19.9. The Bertz CT molecular complexity index is 1170. The Labute approximate surface area is 203 Å². The van der Waals surface area contributed by atoms with Gasteiger partial charge in [-0.1, -0.05) is 79.7 Å². The molecule has 0 amide bonds. The fourth-order valence-electron chi connectivity index (χ4n) is 4.30. The van der Waals surface area contributed by atoms with Gasteiger partial charge in [-0.15, -0.1) is 0 Å². The zero-order valence-corrected chi connectivity index (χ0v) is 19.9. The number of anilines is 1. The first kappa shape index (κ1) is 23.4. The maximum Gasteiger partial charge on any atom is 0.137 e. The molecule has 0 unspecified atom stereocenters. The molecule has 0 spiro atoms. The Kier molecular flexibility index (Phi) is 8.23. The number of aryl methyl sites for hydroxylation is 1. The summed E-state index contributed by atoms with van der Waals surface area (Å²) in [7, 11) is 0. The van der Waals surface area contributed by atoms with Crippen molar-refractivity contribution in [1.82, 2.24) is 4.98 Å². The molecular formula is C31H32N2O. The van der Waals surface area contributed by atoms with Crippen LogP contribution in [-0.4, -0.2) is 17.3 Å². The van der Waals surface area contributed by atoms with Crippen molar-refractivity contribution in [3.05, 3.63) is 120 Å². The van der Waals surface area contributed by atoms with Gasteiger partial charge in [0.1, 0.15) is 5.78 Å². The van der Waals surface area contributed by atoms with Gasteiger partial charge in [0.2, 0.25) is 0 Å². The highest BCUT2D eigenvalue weighted by Gasteiger charge is 2.12. The molecule has 3 nitrogen and oxygen atoms in total. The Morgan fingerprint density at radius 3 is 2.32 bits per heavy atom. The number of hydrogen-bond donors (Lipinski definition) is 0. The highest BCUT2D eigenvalue weighted by atomic mass is 16.1. The minimum absolute atomic E-state index is 0.263. The summed E-state index contributed by atoms with van der Waals surface area (Å²) in [5, 5.41) is 0. The summed E-state index contributed by atoms with van der Waals surface area (Å²) < 4.78 is 0. The second kappa shape index (κ2) is 11.9. The lowest BCUT2D eigenvalue weighted by Crippen LogP contribution is -2.23. The molecule has 1 aromatic heterocycles. The molecule has 3 aromatic carbocycles. The van der Waals surface area contributed by atoms with Crippen LogP contribution in [-0.2, 0) is 24.2 Å². The van der Waals surface area contributed by atoms with Gasteiger partial charge in [-0.2, -0.15) is 0 Å². The van der Waals surface area contributed by atoms with Crippen LogP contribution in [0, 0.1) is 0 Å². The number of ketones is 1.